The molecule has 2 aromatic rings. The van der Waals surface area contributed by atoms with Crippen LogP contribution in [0.15, 0.2) is 48.2 Å². The van der Waals surface area contributed by atoms with E-state index in [2.05, 4.69) is 5.32 Å². The maximum absolute atomic E-state index is 12.9. The molecule has 1 aliphatic rings. The molecule has 3 rings (SSSR count). The molecule has 27 heavy (non-hydrogen) atoms. The first-order chi connectivity index (χ1) is 13.0. The Morgan fingerprint density at radius 2 is 1.70 bits per heavy atom. The summed E-state index contributed by atoms with van der Waals surface area (Å²) in [7, 11) is 3.05. The van der Waals surface area contributed by atoms with Crippen molar-refractivity contribution in [2.24, 2.45) is 0 Å². The molecule has 0 bridgehead atoms. The molecule has 6 nitrogen and oxygen atoms in total. The lowest BCUT2D eigenvalue weighted by Gasteiger charge is -2.12. The number of nitrogens with zero attached hydrogens (tertiary/aromatic N) is 1. The van der Waals surface area contributed by atoms with Gasteiger partial charge in [0.2, 0.25) is 0 Å². The molecular formula is C20H19ClN2O4. The van der Waals surface area contributed by atoms with Gasteiger partial charge in [0.1, 0.15) is 17.2 Å². The second-order valence-corrected chi connectivity index (χ2v) is 6.19. The monoisotopic (exact) mass is 386 g/mol. The number of ether oxygens (including phenoxy) is 2. The van der Waals surface area contributed by atoms with Gasteiger partial charge < -0.3 is 14.8 Å². The molecule has 0 saturated heterocycles. The zero-order valence-electron chi connectivity index (χ0n) is 15.2. The van der Waals surface area contributed by atoms with Crippen LogP contribution in [0.2, 0.25) is 5.02 Å². The summed E-state index contributed by atoms with van der Waals surface area (Å²) in [6.07, 6.45) is 0. The van der Waals surface area contributed by atoms with Crippen LogP contribution >= 0.6 is 11.6 Å². The smallest absolute Gasteiger partial charge is 0.278 e. The van der Waals surface area contributed by atoms with Gasteiger partial charge in [-0.15, -0.1) is 0 Å². The zero-order chi connectivity index (χ0) is 19.6. The normalized spacial score (nSPS) is 14.0. The second kappa shape index (κ2) is 7.72. The highest BCUT2D eigenvalue weighted by atomic mass is 35.5. The van der Waals surface area contributed by atoms with Crippen molar-refractivity contribution in [1.29, 1.82) is 0 Å². The number of halogens is 1. The number of benzene rings is 2. The molecule has 0 fully saturated rings. The molecule has 0 aliphatic carbocycles. The van der Waals surface area contributed by atoms with E-state index in [9.17, 15) is 9.59 Å². The van der Waals surface area contributed by atoms with Crippen LogP contribution in [0.3, 0.4) is 0 Å². The zero-order valence-corrected chi connectivity index (χ0v) is 16.0. The predicted molar refractivity (Wildman–Crippen MR) is 104 cm³/mol. The molecule has 2 amide bonds. The molecule has 2 aromatic carbocycles. The van der Waals surface area contributed by atoms with Crippen molar-refractivity contribution in [1.82, 2.24) is 4.90 Å². The van der Waals surface area contributed by atoms with Crippen LogP contribution in [0, 0.1) is 0 Å². The van der Waals surface area contributed by atoms with E-state index >= 15 is 0 Å². The molecule has 0 saturated carbocycles. The van der Waals surface area contributed by atoms with Crippen LogP contribution in [-0.4, -0.2) is 37.5 Å². The summed E-state index contributed by atoms with van der Waals surface area (Å²) < 4.78 is 10.5. The quantitative estimate of drug-likeness (QED) is 0.769. The lowest BCUT2D eigenvalue weighted by molar-refractivity contribution is -0.136. The molecule has 1 heterocycles. The molecule has 1 N–H and O–H groups in total. The molecule has 0 unspecified atom stereocenters. The van der Waals surface area contributed by atoms with E-state index in [0.717, 1.165) is 0 Å². The lowest BCUT2D eigenvalue weighted by atomic mass is 10.0. The number of anilines is 1. The van der Waals surface area contributed by atoms with Crippen LogP contribution in [0.25, 0.3) is 5.57 Å². The summed E-state index contributed by atoms with van der Waals surface area (Å²) in [5, 5.41) is 3.44. The largest absolute Gasteiger partial charge is 0.496 e. The lowest BCUT2D eigenvalue weighted by Crippen LogP contribution is -2.32. The van der Waals surface area contributed by atoms with Gasteiger partial charge in [0, 0.05) is 17.8 Å². The number of hydrogen-bond donors (Lipinski definition) is 1. The Bertz CT molecular complexity index is 939. The van der Waals surface area contributed by atoms with E-state index in [1.807, 2.05) is 0 Å². The molecule has 1 aliphatic heterocycles. The topological polar surface area (TPSA) is 67.9 Å². The number of methoxy groups -OCH3 is 2. The van der Waals surface area contributed by atoms with Gasteiger partial charge in [-0.25, -0.2) is 0 Å². The molecule has 7 heteroatoms. The van der Waals surface area contributed by atoms with E-state index in [4.69, 9.17) is 21.1 Å². The Hall–Kier alpha value is -2.99. The number of rotatable bonds is 6. The van der Waals surface area contributed by atoms with Crippen molar-refractivity contribution < 1.29 is 19.1 Å². The molecule has 0 aromatic heterocycles. The summed E-state index contributed by atoms with van der Waals surface area (Å²) in [6.45, 7) is 2.02. The van der Waals surface area contributed by atoms with Crippen LogP contribution < -0.4 is 14.8 Å². The Morgan fingerprint density at radius 1 is 1.00 bits per heavy atom. The van der Waals surface area contributed by atoms with Gasteiger partial charge in [0.25, 0.3) is 11.8 Å². The Morgan fingerprint density at radius 3 is 2.33 bits per heavy atom. The van der Waals surface area contributed by atoms with Gasteiger partial charge in [-0.05, 0) is 31.2 Å². The number of likely N-dealkylation sites (N-methyl/N-ethyl adjacent to an activating group) is 1. The minimum absolute atomic E-state index is 0.188. The third kappa shape index (κ3) is 3.36. The van der Waals surface area contributed by atoms with Crippen LogP contribution in [0.1, 0.15) is 12.5 Å². The SMILES string of the molecule is CCN1C(=O)C(Nc2ccc(OC)c(Cl)c2)=C(c2ccccc2OC)C1=O. The van der Waals surface area contributed by atoms with Crippen molar-refractivity contribution in [2.75, 3.05) is 26.1 Å². The van der Waals surface area contributed by atoms with Crippen molar-refractivity contribution in [3.05, 3.63) is 58.7 Å². The fourth-order valence-corrected chi connectivity index (χ4v) is 3.23. The number of imide groups is 1. The van der Waals surface area contributed by atoms with E-state index in [0.29, 0.717) is 27.8 Å². The first kappa shape index (κ1) is 18.8. The number of hydrogen-bond acceptors (Lipinski definition) is 5. The fraction of sp³-hybridized carbons (Fsp3) is 0.200. The van der Waals surface area contributed by atoms with Crippen molar-refractivity contribution >= 4 is 34.7 Å². The first-order valence-electron chi connectivity index (χ1n) is 8.36. The van der Waals surface area contributed by atoms with Crippen molar-refractivity contribution in [3.63, 3.8) is 0 Å². The predicted octanol–water partition coefficient (Wildman–Crippen LogP) is 3.57. The number of amides is 2. The van der Waals surface area contributed by atoms with Crippen LogP contribution in [0.5, 0.6) is 11.5 Å². The summed E-state index contributed by atoms with van der Waals surface area (Å²) in [5.41, 5.74) is 1.58. The van der Waals surface area contributed by atoms with Gasteiger partial charge >= 0.3 is 0 Å². The number of carbonyl (C=O) groups is 2. The highest BCUT2D eigenvalue weighted by Crippen LogP contribution is 2.36. The summed E-state index contributed by atoms with van der Waals surface area (Å²) in [4.78, 5) is 26.9. The average molecular weight is 387 g/mol. The second-order valence-electron chi connectivity index (χ2n) is 5.78. The molecule has 0 radical (unpaired) electrons. The van der Waals surface area contributed by atoms with Crippen molar-refractivity contribution in [3.8, 4) is 11.5 Å². The van der Waals surface area contributed by atoms with E-state index in [1.54, 1.807) is 49.4 Å². The molecule has 0 spiro atoms. The minimum atomic E-state index is -0.393. The van der Waals surface area contributed by atoms with E-state index < -0.39 is 5.91 Å². The van der Waals surface area contributed by atoms with Gasteiger partial charge in [-0.2, -0.15) is 0 Å². The molecule has 0 atom stereocenters. The Kier molecular flexibility index (Phi) is 5.37. The molecule has 140 valence electrons. The van der Waals surface area contributed by atoms with Gasteiger partial charge in [-0.1, -0.05) is 29.8 Å². The standard InChI is InChI=1S/C20H19ClN2O4/c1-4-23-19(24)17(13-7-5-6-8-15(13)26-2)18(20(23)25)22-12-9-10-16(27-3)14(21)11-12/h5-11,22H,4H2,1-3H3. The van der Waals surface area contributed by atoms with Gasteiger partial charge in [-0.3, -0.25) is 14.5 Å². The summed E-state index contributed by atoms with van der Waals surface area (Å²) in [5.74, 6) is 0.272. The number of carbonyl (C=O) groups excluding carboxylic acids is 2. The Labute approximate surface area is 162 Å². The minimum Gasteiger partial charge on any atom is -0.496 e. The highest BCUT2D eigenvalue weighted by molar-refractivity contribution is 6.37. The number of nitrogens with one attached hydrogen (secondary N) is 1. The van der Waals surface area contributed by atoms with E-state index in [1.165, 1.54) is 19.1 Å². The van der Waals surface area contributed by atoms with Gasteiger partial charge in [0.05, 0.1) is 24.8 Å². The first-order valence-corrected chi connectivity index (χ1v) is 8.74. The van der Waals surface area contributed by atoms with Crippen LogP contribution in [0.4, 0.5) is 5.69 Å². The summed E-state index contributed by atoms with van der Waals surface area (Å²) >= 11 is 6.17. The maximum atomic E-state index is 12.9. The molecular weight excluding hydrogens is 368 g/mol. The average Bonchev–Trinajstić information content (AvgIpc) is 2.91. The fourth-order valence-electron chi connectivity index (χ4n) is 2.97. The van der Waals surface area contributed by atoms with Crippen molar-refractivity contribution in [2.45, 2.75) is 6.92 Å². The third-order valence-corrected chi connectivity index (χ3v) is 4.58. The Balaban J connectivity index is 2.11. The van der Waals surface area contributed by atoms with E-state index in [-0.39, 0.29) is 23.7 Å². The highest BCUT2D eigenvalue weighted by Gasteiger charge is 2.39. The summed E-state index contributed by atoms with van der Waals surface area (Å²) in [6, 6.07) is 12.1. The number of para-hydroxylation sites is 1. The maximum Gasteiger partial charge on any atom is 0.278 e. The van der Waals surface area contributed by atoms with Gasteiger partial charge in [0.15, 0.2) is 0 Å². The van der Waals surface area contributed by atoms with Crippen LogP contribution in [-0.2, 0) is 9.59 Å². The third-order valence-electron chi connectivity index (χ3n) is 4.28.